The van der Waals surface area contributed by atoms with Crippen LogP contribution in [-0.4, -0.2) is 9.13 Å². The Bertz CT molecular complexity index is 3020. The fraction of sp³-hybridized carbons (Fsp3) is 0.120. The SMILES string of the molecule is CC1(C)c2ccccc2-c2cc3c(cc21)c1ccccc1n3-c1cc(C#N)c(-n2c3ccccc3c3cc4c(cc32)-c2ccccc2C4(C)C)cc1C#N. The van der Waals surface area contributed by atoms with Crippen LogP contribution in [0.4, 0.5) is 0 Å². The summed E-state index contributed by atoms with van der Waals surface area (Å²) in [6, 6.07) is 52.5. The molecule has 0 unspecified atom stereocenters. The average Bonchev–Trinajstić information content (AvgIpc) is 3.84. The quantitative estimate of drug-likeness (QED) is 0.181. The number of rotatable bonds is 2. The van der Waals surface area contributed by atoms with Gasteiger partial charge in [-0.2, -0.15) is 10.5 Å². The summed E-state index contributed by atoms with van der Waals surface area (Å²) in [7, 11) is 0. The van der Waals surface area contributed by atoms with E-state index in [-0.39, 0.29) is 10.8 Å². The number of fused-ring (bicyclic) bond motifs is 12. The Morgan fingerprint density at radius 3 is 1.20 bits per heavy atom. The molecular weight excluding hydrogens is 657 g/mol. The van der Waals surface area contributed by atoms with E-state index in [2.05, 4.69) is 158 Å². The molecule has 2 aliphatic carbocycles. The van der Waals surface area contributed by atoms with Crippen LogP contribution in [0.25, 0.3) is 77.2 Å². The van der Waals surface area contributed by atoms with E-state index in [9.17, 15) is 10.5 Å². The maximum atomic E-state index is 11.0. The fourth-order valence-electron chi connectivity index (χ4n) is 9.97. The van der Waals surface area contributed by atoms with E-state index in [0.717, 1.165) is 43.6 Å². The molecule has 7 aromatic carbocycles. The highest BCUT2D eigenvalue weighted by molar-refractivity contribution is 6.13. The number of hydrogen-bond acceptors (Lipinski definition) is 2. The Morgan fingerprint density at radius 1 is 0.389 bits per heavy atom. The summed E-state index contributed by atoms with van der Waals surface area (Å²) in [5, 5.41) is 26.4. The summed E-state index contributed by atoms with van der Waals surface area (Å²) in [6.07, 6.45) is 0. The Morgan fingerprint density at radius 2 is 0.778 bits per heavy atom. The smallest absolute Gasteiger partial charge is 0.101 e. The van der Waals surface area contributed by atoms with E-state index >= 15 is 0 Å². The topological polar surface area (TPSA) is 57.4 Å². The zero-order valence-corrected chi connectivity index (χ0v) is 30.5. The van der Waals surface area contributed by atoms with Crippen LogP contribution in [0.3, 0.4) is 0 Å². The standard InChI is InChI=1S/C50H34N4/c1-49(2)39-17-9-5-13-31(39)35-25-47-37(23-41(35)49)33-15-7-11-19-43(33)53(47)45-21-30(28-52)46(22-29(45)27-51)54-44-20-12-8-16-34(44)38-24-42-36(26-48(38)54)32-14-6-10-18-40(32)50(42,3)4/h5-26H,1-4H3. The third-order valence-electron chi connectivity index (χ3n) is 12.6. The molecule has 4 heteroatoms. The predicted molar refractivity (Wildman–Crippen MR) is 220 cm³/mol. The molecule has 11 rings (SSSR count). The molecule has 4 nitrogen and oxygen atoms in total. The van der Waals surface area contributed by atoms with Crippen molar-refractivity contribution in [1.29, 1.82) is 10.5 Å². The van der Waals surface area contributed by atoms with Gasteiger partial charge in [-0.15, -0.1) is 0 Å². The van der Waals surface area contributed by atoms with Crippen molar-refractivity contribution in [3.63, 3.8) is 0 Å². The van der Waals surface area contributed by atoms with Crippen LogP contribution >= 0.6 is 0 Å². The second-order valence-electron chi connectivity index (χ2n) is 16.0. The maximum absolute atomic E-state index is 11.0. The normalized spacial score (nSPS) is 14.6. The Balaban J connectivity index is 1.20. The molecule has 0 saturated heterocycles. The van der Waals surface area contributed by atoms with E-state index in [0.29, 0.717) is 22.5 Å². The molecule has 2 aliphatic rings. The van der Waals surface area contributed by atoms with Crippen molar-refractivity contribution in [3.8, 4) is 45.8 Å². The number of para-hydroxylation sites is 2. The van der Waals surface area contributed by atoms with E-state index in [1.165, 1.54) is 44.5 Å². The summed E-state index contributed by atoms with van der Waals surface area (Å²) >= 11 is 0. The molecule has 0 fully saturated rings. The van der Waals surface area contributed by atoms with Crippen LogP contribution in [0.2, 0.25) is 0 Å². The lowest BCUT2D eigenvalue weighted by Gasteiger charge is -2.21. The third-order valence-corrected chi connectivity index (χ3v) is 12.6. The molecule has 9 aromatic rings. The lowest BCUT2D eigenvalue weighted by Crippen LogP contribution is -2.14. The number of aromatic nitrogens is 2. The second kappa shape index (κ2) is 10.4. The molecule has 0 N–H and O–H groups in total. The van der Waals surface area contributed by atoms with Gasteiger partial charge < -0.3 is 9.13 Å². The van der Waals surface area contributed by atoms with Gasteiger partial charge >= 0.3 is 0 Å². The summed E-state index contributed by atoms with van der Waals surface area (Å²) in [6.45, 7) is 9.21. The van der Waals surface area contributed by atoms with Crippen LogP contribution in [0.15, 0.2) is 133 Å². The first-order chi connectivity index (χ1) is 26.2. The highest BCUT2D eigenvalue weighted by Gasteiger charge is 2.38. The molecule has 0 bridgehead atoms. The number of benzene rings is 7. The summed E-state index contributed by atoms with van der Waals surface area (Å²) in [4.78, 5) is 0. The van der Waals surface area contributed by atoms with Crippen LogP contribution < -0.4 is 0 Å². The molecule has 0 spiro atoms. The van der Waals surface area contributed by atoms with Crippen molar-refractivity contribution in [2.75, 3.05) is 0 Å². The van der Waals surface area contributed by atoms with Gasteiger partial charge in [0.2, 0.25) is 0 Å². The largest absolute Gasteiger partial charge is 0.308 e. The number of nitriles is 2. The van der Waals surface area contributed by atoms with Crippen LogP contribution in [0.1, 0.15) is 61.1 Å². The second-order valence-corrected chi connectivity index (χ2v) is 16.0. The summed E-state index contributed by atoms with van der Waals surface area (Å²) in [5.41, 5.74) is 16.3. The minimum Gasteiger partial charge on any atom is -0.308 e. The molecule has 54 heavy (non-hydrogen) atoms. The summed E-state index contributed by atoms with van der Waals surface area (Å²) < 4.78 is 4.39. The lowest BCUT2D eigenvalue weighted by molar-refractivity contribution is 0.661. The molecule has 0 saturated carbocycles. The van der Waals surface area contributed by atoms with Crippen LogP contribution in [0.5, 0.6) is 0 Å². The van der Waals surface area contributed by atoms with Gasteiger partial charge in [0.15, 0.2) is 0 Å². The molecule has 0 amide bonds. The molecule has 0 aliphatic heterocycles. The molecule has 0 radical (unpaired) electrons. The minimum atomic E-state index is -0.142. The van der Waals surface area contributed by atoms with Crippen molar-refractivity contribution in [2.24, 2.45) is 0 Å². The van der Waals surface area contributed by atoms with Crippen molar-refractivity contribution < 1.29 is 0 Å². The highest BCUT2D eigenvalue weighted by atomic mass is 15.0. The van der Waals surface area contributed by atoms with E-state index < -0.39 is 0 Å². The molecular formula is C50H34N4. The number of hydrogen-bond donors (Lipinski definition) is 0. The van der Waals surface area contributed by atoms with Crippen molar-refractivity contribution >= 4 is 43.6 Å². The van der Waals surface area contributed by atoms with Gasteiger partial charge in [-0.1, -0.05) is 113 Å². The fourth-order valence-corrected chi connectivity index (χ4v) is 9.97. The monoisotopic (exact) mass is 690 g/mol. The van der Waals surface area contributed by atoms with Crippen molar-refractivity contribution in [1.82, 2.24) is 9.13 Å². The van der Waals surface area contributed by atoms with Crippen molar-refractivity contribution in [3.05, 3.63) is 167 Å². The summed E-state index contributed by atoms with van der Waals surface area (Å²) in [5.74, 6) is 0. The highest BCUT2D eigenvalue weighted by Crippen LogP contribution is 2.53. The van der Waals surface area contributed by atoms with Gasteiger partial charge in [0.1, 0.15) is 12.1 Å². The zero-order valence-electron chi connectivity index (χ0n) is 30.5. The average molecular weight is 691 g/mol. The molecule has 2 heterocycles. The predicted octanol–water partition coefficient (Wildman–Crippen LogP) is 12.2. The first-order valence-corrected chi connectivity index (χ1v) is 18.6. The Hall–Kier alpha value is -6.88. The first-order valence-electron chi connectivity index (χ1n) is 18.6. The lowest BCUT2D eigenvalue weighted by atomic mass is 9.82. The van der Waals surface area contributed by atoms with Gasteiger partial charge in [-0.05, 0) is 93.0 Å². The van der Waals surface area contributed by atoms with Crippen LogP contribution in [-0.2, 0) is 10.8 Å². The Kier molecular flexibility index (Phi) is 5.90. The zero-order chi connectivity index (χ0) is 36.7. The minimum absolute atomic E-state index is 0.142. The van der Waals surface area contributed by atoms with Gasteiger partial charge in [-0.3, -0.25) is 0 Å². The molecule has 2 aromatic heterocycles. The van der Waals surface area contributed by atoms with Crippen molar-refractivity contribution in [2.45, 2.75) is 38.5 Å². The van der Waals surface area contributed by atoms with Gasteiger partial charge in [-0.25, -0.2) is 0 Å². The van der Waals surface area contributed by atoms with E-state index in [1.54, 1.807) is 0 Å². The first kappa shape index (κ1) is 30.7. The van der Waals surface area contributed by atoms with Crippen LogP contribution in [0, 0.1) is 22.7 Å². The van der Waals surface area contributed by atoms with Gasteiger partial charge in [0.25, 0.3) is 0 Å². The van der Waals surface area contributed by atoms with Gasteiger partial charge in [0.05, 0.1) is 44.6 Å². The number of nitrogens with zero attached hydrogens (tertiary/aromatic N) is 4. The maximum Gasteiger partial charge on any atom is 0.101 e. The molecule has 0 atom stereocenters. The third kappa shape index (κ3) is 3.75. The Labute approximate surface area is 313 Å². The van der Waals surface area contributed by atoms with E-state index in [1.807, 2.05) is 24.3 Å². The van der Waals surface area contributed by atoms with Gasteiger partial charge in [0, 0.05) is 32.4 Å². The van der Waals surface area contributed by atoms with E-state index in [4.69, 9.17) is 0 Å². The molecule has 254 valence electrons.